The molecule has 1 saturated heterocycles. The zero-order chi connectivity index (χ0) is 14.9. The molecule has 0 aromatic heterocycles. The van der Waals surface area contributed by atoms with Crippen molar-refractivity contribution < 1.29 is 5.11 Å². The summed E-state index contributed by atoms with van der Waals surface area (Å²) < 4.78 is 0. The summed E-state index contributed by atoms with van der Waals surface area (Å²) in [5, 5.41) is 9.52. The molecule has 1 aliphatic rings. The molecule has 1 N–H and O–H groups in total. The van der Waals surface area contributed by atoms with Crippen LogP contribution in [0.15, 0.2) is 24.3 Å². The van der Waals surface area contributed by atoms with E-state index in [1.165, 1.54) is 43.2 Å². The molecule has 0 unspecified atom stereocenters. The third-order valence-corrected chi connectivity index (χ3v) is 4.62. The highest BCUT2D eigenvalue weighted by Crippen LogP contribution is 2.13. The van der Waals surface area contributed by atoms with Gasteiger partial charge in [-0.3, -0.25) is 0 Å². The summed E-state index contributed by atoms with van der Waals surface area (Å²) in [6.07, 6.45) is 9.54. The number of rotatable bonds is 8. The predicted molar refractivity (Wildman–Crippen MR) is 89.7 cm³/mol. The van der Waals surface area contributed by atoms with Crippen molar-refractivity contribution in [3.8, 4) is 0 Å². The number of unbranched alkanes of at least 4 members (excludes halogenated alkanes) is 3. The number of piperidine rings is 1. The van der Waals surface area contributed by atoms with Crippen LogP contribution in [0.1, 0.15) is 56.6 Å². The van der Waals surface area contributed by atoms with E-state index in [2.05, 4.69) is 36.1 Å². The van der Waals surface area contributed by atoms with Crippen LogP contribution in [-0.4, -0.2) is 35.7 Å². The van der Waals surface area contributed by atoms with Gasteiger partial charge in [0.05, 0.1) is 6.10 Å². The summed E-state index contributed by atoms with van der Waals surface area (Å²) in [6.45, 7) is 5.49. The SMILES string of the molecule is CCCCCCc1ccc(CCN2CCC(O)CC2)cc1. The van der Waals surface area contributed by atoms with Crippen LogP contribution >= 0.6 is 0 Å². The van der Waals surface area contributed by atoms with Crippen LogP contribution in [0, 0.1) is 0 Å². The highest BCUT2D eigenvalue weighted by atomic mass is 16.3. The summed E-state index contributed by atoms with van der Waals surface area (Å²) >= 11 is 0. The van der Waals surface area contributed by atoms with Gasteiger partial charge in [-0.05, 0) is 43.2 Å². The average Bonchev–Trinajstić information content (AvgIpc) is 2.52. The molecule has 1 fully saturated rings. The molecule has 0 radical (unpaired) electrons. The second kappa shape index (κ2) is 9.22. The first-order valence-electron chi connectivity index (χ1n) is 8.76. The molecule has 2 rings (SSSR count). The molecule has 1 aromatic rings. The van der Waals surface area contributed by atoms with Crippen molar-refractivity contribution in [1.82, 2.24) is 4.90 Å². The van der Waals surface area contributed by atoms with Crippen LogP contribution in [0.2, 0.25) is 0 Å². The Morgan fingerprint density at radius 2 is 1.57 bits per heavy atom. The quantitative estimate of drug-likeness (QED) is 0.736. The van der Waals surface area contributed by atoms with E-state index in [1.54, 1.807) is 0 Å². The Bertz CT molecular complexity index is 379. The first kappa shape index (κ1) is 16.5. The predicted octanol–water partition coefficient (Wildman–Crippen LogP) is 3.81. The van der Waals surface area contributed by atoms with Crippen LogP contribution < -0.4 is 0 Å². The zero-order valence-electron chi connectivity index (χ0n) is 13.6. The molecule has 1 aliphatic heterocycles. The van der Waals surface area contributed by atoms with Gasteiger partial charge in [0, 0.05) is 19.6 Å². The van der Waals surface area contributed by atoms with Gasteiger partial charge in [-0.2, -0.15) is 0 Å². The first-order chi connectivity index (χ1) is 10.3. The molecule has 0 amide bonds. The van der Waals surface area contributed by atoms with Gasteiger partial charge in [-0.1, -0.05) is 50.5 Å². The van der Waals surface area contributed by atoms with E-state index in [9.17, 15) is 5.11 Å². The standard InChI is InChI=1S/C19H31NO/c1-2-3-4-5-6-17-7-9-18(10-8-17)11-14-20-15-12-19(21)13-16-20/h7-10,19,21H,2-6,11-16H2,1H3. The average molecular weight is 289 g/mol. The minimum Gasteiger partial charge on any atom is -0.393 e. The molecule has 2 heteroatoms. The van der Waals surface area contributed by atoms with Crippen molar-refractivity contribution in [2.45, 2.75) is 64.4 Å². The Morgan fingerprint density at radius 3 is 2.19 bits per heavy atom. The smallest absolute Gasteiger partial charge is 0.0564 e. The van der Waals surface area contributed by atoms with Gasteiger partial charge < -0.3 is 10.0 Å². The van der Waals surface area contributed by atoms with E-state index < -0.39 is 0 Å². The monoisotopic (exact) mass is 289 g/mol. The zero-order valence-corrected chi connectivity index (χ0v) is 13.6. The van der Waals surface area contributed by atoms with Gasteiger partial charge in [0.1, 0.15) is 0 Å². The summed E-state index contributed by atoms with van der Waals surface area (Å²) in [4.78, 5) is 2.48. The van der Waals surface area contributed by atoms with Crippen molar-refractivity contribution in [3.63, 3.8) is 0 Å². The first-order valence-corrected chi connectivity index (χ1v) is 8.76. The number of hydrogen-bond acceptors (Lipinski definition) is 2. The molecule has 0 aliphatic carbocycles. The van der Waals surface area contributed by atoms with Crippen molar-refractivity contribution in [2.75, 3.05) is 19.6 Å². The maximum absolute atomic E-state index is 9.52. The van der Waals surface area contributed by atoms with E-state index >= 15 is 0 Å². The van der Waals surface area contributed by atoms with Gasteiger partial charge >= 0.3 is 0 Å². The lowest BCUT2D eigenvalue weighted by Gasteiger charge is -2.29. The number of benzene rings is 1. The topological polar surface area (TPSA) is 23.5 Å². The van der Waals surface area contributed by atoms with Gasteiger partial charge in [-0.25, -0.2) is 0 Å². The number of aryl methyl sites for hydroxylation is 1. The van der Waals surface area contributed by atoms with E-state index in [0.29, 0.717) is 0 Å². The Balaban J connectivity index is 1.67. The Morgan fingerprint density at radius 1 is 0.952 bits per heavy atom. The maximum atomic E-state index is 9.52. The fourth-order valence-electron chi connectivity index (χ4n) is 3.06. The third kappa shape index (κ3) is 6.19. The van der Waals surface area contributed by atoms with Gasteiger partial charge in [0.25, 0.3) is 0 Å². The largest absolute Gasteiger partial charge is 0.393 e. The summed E-state index contributed by atoms with van der Waals surface area (Å²) in [6, 6.07) is 9.21. The third-order valence-electron chi connectivity index (χ3n) is 4.62. The highest BCUT2D eigenvalue weighted by molar-refractivity contribution is 5.22. The lowest BCUT2D eigenvalue weighted by Crippen LogP contribution is -2.37. The van der Waals surface area contributed by atoms with Gasteiger partial charge in [-0.15, -0.1) is 0 Å². The minimum absolute atomic E-state index is 0.0618. The van der Waals surface area contributed by atoms with E-state index in [1.807, 2.05) is 0 Å². The van der Waals surface area contributed by atoms with Gasteiger partial charge in [0.15, 0.2) is 0 Å². The summed E-state index contributed by atoms with van der Waals surface area (Å²) in [5.41, 5.74) is 2.93. The number of likely N-dealkylation sites (tertiary alicyclic amines) is 1. The highest BCUT2D eigenvalue weighted by Gasteiger charge is 2.16. The number of aliphatic hydroxyl groups is 1. The molecule has 1 heterocycles. The molecule has 2 nitrogen and oxygen atoms in total. The fraction of sp³-hybridized carbons (Fsp3) is 0.684. The second-order valence-electron chi connectivity index (χ2n) is 6.45. The van der Waals surface area contributed by atoms with Crippen molar-refractivity contribution in [2.24, 2.45) is 0 Å². The van der Waals surface area contributed by atoms with Crippen molar-refractivity contribution in [3.05, 3.63) is 35.4 Å². The fourth-order valence-corrected chi connectivity index (χ4v) is 3.06. The van der Waals surface area contributed by atoms with E-state index in [4.69, 9.17) is 0 Å². The Labute approximate surface area is 130 Å². The molecule has 1 aromatic carbocycles. The van der Waals surface area contributed by atoms with E-state index in [-0.39, 0.29) is 6.10 Å². The molecule has 0 atom stereocenters. The van der Waals surface area contributed by atoms with Gasteiger partial charge in [0.2, 0.25) is 0 Å². The molecular formula is C19H31NO. The number of nitrogens with zero attached hydrogens (tertiary/aromatic N) is 1. The Hall–Kier alpha value is -0.860. The minimum atomic E-state index is -0.0618. The number of hydrogen-bond donors (Lipinski definition) is 1. The van der Waals surface area contributed by atoms with E-state index in [0.717, 1.165) is 38.9 Å². The lowest BCUT2D eigenvalue weighted by molar-refractivity contribution is 0.0832. The Kier molecular flexibility index (Phi) is 7.25. The van der Waals surface area contributed by atoms with Crippen molar-refractivity contribution in [1.29, 1.82) is 0 Å². The lowest BCUT2D eigenvalue weighted by atomic mass is 10.0. The summed E-state index contributed by atoms with van der Waals surface area (Å²) in [7, 11) is 0. The van der Waals surface area contributed by atoms with Crippen LogP contribution in [0.4, 0.5) is 0 Å². The molecule has 0 spiro atoms. The van der Waals surface area contributed by atoms with Crippen LogP contribution in [0.3, 0.4) is 0 Å². The molecule has 21 heavy (non-hydrogen) atoms. The normalized spacial score (nSPS) is 17.2. The molecule has 118 valence electrons. The van der Waals surface area contributed by atoms with Crippen LogP contribution in [0.25, 0.3) is 0 Å². The number of aliphatic hydroxyl groups excluding tert-OH is 1. The maximum Gasteiger partial charge on any atom is 0.0564 e. The summed E-state index contributed by atoms with van der Waals surface area (Å²) in [5.74, 6) is 0. The van der Waals surface area contributed by atoms with Crippen LogP contribution in [-0.2, 0) is 12.8 Å². The molecule has 0 saturated carbocycles. The molecule has 0 bridgehead atoms. The van der Waals surface area contributed by atoms with Crippen molar-refractivity contribution >= 4 is 0 Å². The van der Waals surface area contributed by atoms with Crippen LogP contribution in [0.5, 0.6) is 0 Å². The molecular weight excluding hydrogens is 258 g/mol. The second-order valence-corrected chi connectivity index (χ2v) is 6.45.